The highest BCUT2D eigenvalue weighted by atomic mass is 16.5. The molecule has 0 bridgehead atoms. The smallest absolute Gasteiger partial charge is 0.0839 e. The van der Waals surface area contributed by atoms with Crippen molar-refractivity contribution in [1.82, 2.24) is 0 Å². The fourth-order valence-corrected chi connectivity index (χ4v) is 0.595. The molecule has 0 atom stereocenters. The van der Waals surface area contributed by atoms with Gasteiger partial charge in [0.1, 0.15) is 0 Å². The summed E-state index contributed by atoms with van der Waals surface area (Å²) in [6.45, 7) is 5.03. The highest BCUT2D eigenvalue weighted by Gasteiger charge is 2.33. The summed E-state index contributed by atoms with van der Waals surface area (Å²) in [7, 11) is 0. The number of quaternary nitrogens is 1. The molecule has 0 aromatic carbocycles. The van der Waals surface area contributed by atoms with Crippen LogP contribution in [0.15, 0.2) is 0 Å². The summed E-state index contributed by atoms with van der Waals surface area (Å²) in [6.07, 6.45) is 0. The largest absolute Gasteiger partial charge is 0.380 e. The van der Waals surface area contributed by atoms with Gasteiger partial charge in [0.25, 0.3) is 0 Å². The van der Waals surface area contributed by atoms with E-state index in [-0.39, 0.29) is 0 Å². The van der Waals surface area contributed by atoms with Crippen molar-refractivity contribution in [2.45, 2.75) is 6.92 Å². The van der Waals surface area contributed by atoms with Crippen LogP contribution in [0.25, 0.3) is 0 Å². The minimum absolute atomic E-state index is 0.431. The molecule has 1 rings (SSSR count). The van der Waals surface area contributed by atoms with Gasteiger partial charge in [-0.15, -0.1) is 0 Å². The molecule has 1 saturated heterocycles. The van der Waals surface area contributed by atoms with Gasteiger partial charge in [0.15, 0.2) is 0 Å². The van der Waals surface area contributed by atoms with Crippen LogP contribution < -0.4 is 5.73 Å². The predicted octanol–water partition coefficient (Wildman–Crippen LogP) is -0.735. The van der Waals surface area contributed by atoms with Gasteiger partial charge in [-0.25, -0.2) is 0 Å². The van der Waals surface area contributed by atoms with E-state index < -0.39 is 0 Å². The van der Waals surface area contributed by atoms with Gasteiger partial charge < -0.3 is 10.5 Å². The van der Waals surface area contributed by atoms with Gasteiger partial charge in [-0.2, -0.15) is 0 Å². The number of hydrogen-bond donors (Lipinski definition) is 1. The van der Waals surface area contributed by atoms with Gasteiger partial charge in [0.05, 0.1) is 25.2 Å². The summed E-state index contributed by atoms with van der Waals surface area (Å²) in [4.78, 5) is 0. The molecule has 2 heteroatoms. The Hall–Kier alpha value is -0.0800. The van der Waals surface area contributed by atoms with Crippen molar-refractivity contribution in [3.05, 3.63) is 0 Å². The molecular formula is C5H12NO+. The van der Waals surface area contributed by atoms with Crippen LogP contribution in [0.5, 0.6) is 0 Å². The van der Waals surface area contributed by atoms with Crippen molar-refractivity contribution in [2.24, 2.45) is 5.41 Å². The minimum Gasteiger partial charge on any atom is -0.380 e. The third-order valence-corrected chi connectivity index (χ3v) is 1.50. The highest BCUT2D eigenvalue weighted by Crippen LogP contribution is 2.23. The second-order valence-electron chi connectivity index (χ2n) is 2.55. The molecule has 3 N–H and O–H groups in total. The fourth-order valence-electron chi connectivity index (χ4n) is 0.595. The lowest BCUT2D eigenvalue weighted by atomic mass is 9.89. The summed E-state index contributed by atoms with van der Waals surface area (Å²) in [5.41, 5.74) is 4.23. The first-order chi connectivity index (χ1) is 3.27. The van der Waals surface area contributed by atoms with Crippen LogP contribution >= 0.6 is 0 Å². The third-order valence-electron chi connectivity index (χ3n) is 1.50. The summed E-state index contributed by atoms with van der Waals surface area (Å²) in [6, 6.07) is 0. The molecule has 1 aliphatic heterocycles. The SMILES string of the molecule is CC1(C[NH3+])COC1. The maximum absolute atomic E-state index is 4.99. The number of rotatable bonds is 1. The van der Waals surface area contributed by atoms with Gasteiger partial charge in [-0.05, 0) is 6.92 Å². The topological polar surface area (TPSA) is 36.9 Å². The van der Waals surface area contributed by atoms with Crippen molar-refractivity contribution in [3.8, 4) is 0 Å². The Morgan fingerprint density at radius 2 is 2.29 bits per heavy atom. The molecule has 1 aliphatic rings. The quantitative estimate of drug-likeness (QED) is 0.465. The van der Waals surface area contributed by atoms with E-state index >= 15 is 0 Å². The molecular weight excluding hydrogens is 90.1 g/mol. The second-order valence-corrected chi connectivity index (χ2v) is 2.55. The fraction of sp³-hybridized carbons (Fsp3) is 1.00. The first kappa shape index (κ1) is 5.06. The number of ether oxygens (including phenoxy) is 1. The molecule has 0 amide bonds. The van der Waals surface area contributed by atoms with Crippen LogP contribution in [0.3, 0.4) is 0 Å². The predicted molar refractivity (Wildman–Crippen MR) is 26.7 cm³/mol. The van der Waals surface area contributed by atoms with Gasteiger partial charge in [-0.1, -0.05) is 0 Å². The standard InChI is InChI=1S/C5H11NO/c1-5(2-6)3-7-4-5/h2-4,6H2,1H3/p+1. The van der Waals surface area contributed by atoms with Crippen molar-refractivity contribution < 1.29 is 10.5 Å². The van der Waals surface area contributed by atoms with E-state index in [4.69, 9.17) is 4.74 Å². The lowest BCUT2D eigenvalue weighted by molar-refractivity contribution is -0.408. The normalized spacial score (nSPS) is 26.6. The molecule has 1 heterocycles. The zero-order valence-corrected chi connectivity index (χ0v) is 4.74. The van der Waals surface area contributed by atoms with Gasteiger partial charge in [-0.3, -0.25) is 0 Å². The zero-order chi connectivity index (χ0) is 5.33. The molecule has 7 heavy (non-hydrogen) atoms. The Morgan fingerprint density at radius 3 is 2.29 bits per heavy atom. The van der Waals surface area contributed by atoms with E-state index in [0.29, 0.717) is 5.41 Å². The van der Waals surface area contributed by atoms with E-state index in [1.165, 1.54) is 0 Å². The average Bonchev–Trinajstić information content (AvgIpc) is 1.61. The van der Waals surface area contributed by atoms with Crippen molar-refractivity contribution >= 4 is 0 Å². The van der Waals surface area contributed by atoms with Crippen LogP contribution in [-0.2, 0) is 4.74 Å². The van der Waals surface area contributed by atoms with Crippen molar-refractivity contribution in [1.29, 1.82) is 0 Å². The zero-order valence-electron chi connectivity index (χ0n) is 4.74. The Bertz CT molecular complexity index is 63.0. The monoisotopic (exact) mass is 102 g/mol. The van der Waals surface area contributed by atoms with Crippen molar-refractivity contribution in [3.63, 3.8) is 0 Å². The summed E-state index contributed by atoms with van der Waals surface area (Å²) in [5.74, 6) is 0. The van der Waals surface area contributed by atoms with E-state index in [0.717, 1.165) is 19.8 Å². The lowest BCUT2D eigenvalue weighted by Crippen LogP contribution is -2.63. The van der Waals surface area contributed by atoms with Crippen LogP contribution in [0.1, 0.15) is 6.92 Å². The van der Waals surface area contributed by atoms with Gasteiger partial charge >= 0.3 is 0 Å². The van der Waals surface area contributed by atoms with Crippen LogP contribution in [-0.4, -0.2) is 19.8 Å². The minimum atomic E-state index is 0.431. The maximum Gasteiger partial charge on any atom is 0.0839 e. The van der Waals surface area contributed by atoms with E-state index in [1.807, 2.05) is 0 Å². The Labute approximate surface area is 43.6 Å². The average molecular weight is 102 g/mol. The Morgan fingerprint density at radius 1 is 1.71 bits per heavy atom. The molecule has 0 spiro atoms. The molecule has 0 aromatic rings. The van der Waals surface area contributed by atoms with Crippen molar-refractivity contribution in [2.75, 3.05) is 19.8 Å². The van der Waals surface area contributed by atoms with Crippen LogP contribution in [0.2, 0.25) is 0 Å². The Balaban J connectivity index is 2.29. The first-order valence-corrected chi connectivity index (χ1v) is 2.64. The van der Waals surface area contributed by atoms with E-state index in [9.17, 15) is 0 Å². The number of hydrogen-bond acceptors (Lipinski definition) is 1. The van der Waals surface area contributed by atoms with Gasteiger partial charge in [0.2, 0.25) is 0 Å². The summed E-state index contributed by atoms with van der Waals surface area (Å²) < 4.78 is 4.99. The first-order valence-electron chi connectivity index (χ1n) is 2.64. The lowest BCUT2D eigenvalue weighted by Gasteiger charge is -2.34. The van der Waals surface area contributed by atoms with E-state index in [1.54, 1.807) is 0 Å². The summed E-state index contributed by atoms with van der Waals surface area (Å²) >= 11 is 0. The Kier molecular flexibility index (Phi) is 1.05. The highest BCUT2D eigenvalue weighted by molar-refractivity contribution is 4.78. The van der Waals surface area contributed by atoms with Crippen LogP contribution in [0, 0.1) is 5.41 Å². The molecule has 0 saturated carbocycles. The molecule has 0 unspecified atom stereocenters. The second kappa shape index (κ2) is 1.46. The molecule has 1 fully saturated rings. The summed E-state index contributed by atoms with van der Waals surface area (Å²) in [5, 5.41) is 0. The molecule has 0 aromatic heterocycles. The van der Waals surface area contributed by atoms with Crippen LogP contribution in [0.4, 0.5) is 0 Å². The third kappa shape index (κ3) is 0.763. The van der Waals surface area contributed by atoms with Gasteiger partial charge in [0, 0.05) is 0 Å². The maximum atomic E-state index is 4.99. The molecule has 42 valence electrons. The molecule has 2 nitrogen and oxygen atoms in total. The van der Waals surface area contributed by atoms with E-state index in [2.05, 4.69) is 12.7 Å². The molecule has 0 radical (unpaired) electrons. The molecule has 0 aliphatic carbocycles.